The van der Waals surface area contributed by atoms with Gasteiger partial charge in [-0.25, -0.2) is 18.0 Å². The Morgan fingerprint density at radius 3 is 2.81 bits per heavy atom. The monoisotopic (exact) mass is 438 g/mol. The summed E-state index contributed by atoms with van der Waals surface area (Å²) in [5.41, 5.74) is 3.76. The third-order valence-corrected chi connectivity index (χ3v) is 5.70. The van der Waals surface area contributed by atoms with Crippen molar-refractivity contribution < 1.29 is 17.7 Å². The Labute approximate surface area is 181 Å². The topological polar surface area (TPSA) is 98.7 Å². The molecule has 4 rings (SSSR count). The van der Waals surface area contributed by atoms with E-state index in [9.17, 15) is 8.42 Å². The molecule has 1 aromatic heterocycles. The van der Waals surface area contributed by atoms with Crippen LogP contribution in [0.5, 0.6) is 5.75 Å². The molecule has 0 spiro atoms. The maximum atomic E-state index is 11.7. The van der Waals surface area contributed by atoms with Gasteiger partial charge in [-0.2, -0.15) is 4.98 Å². The lowest BCUT2D eigenvalue weighted by Gasteiger charge is -2.12. The SMILES string of the molecule is [C-]#[N+]c1cc(-c2nc(-c3cccc4c3CC[C@@H]4NS(C)(=O)=O)no2)ccc1OC(C)C. The predicted molar refractivity (Wildman–Crippen MR) is 116 cm³/mol. The molecule has 0 unspecified atom stereocenters. The Kier molecular flexibility index (Phi) is 5.52. The fraction of sp³-hybridized carbons (Fsp3) is 0.318. The van der Waals surface area contributed by atoms with Crippen LogP contribution in [0.4, 0.5) is 5.69 Å². The molecule has 1 N–H and O–H groups in total. The molecular weight excluding hydrogens is 416 g/mol. The number of benzene rings is 2. The standard InChI is InChI=1S/C22H22N4O4S/c1-13(2)29-20-11-8-14(12-19(20)23-3)22-24-21(25-30-22)17-7-5-6-16-15(17)9-10-18(16)26-31(4,27)28/h5-8,11-13,18,26H,9-10H2,1-2,4H3/t18-/m0/s1. The largest absolute Gasteiger partial charge is 0.502 e. The van der Waals surface area contributed by atoms with Gasteiger partial charge in [-0.3, -0.25) is 0 Å². The molecule has 1 heterocycles. The first-order chi connectivity index (χ1) is 14.7. The Morgan fingerprint density at radius 2 is 2.10 bits per heavy atom. The second-order valence-electron chi connectivity index (χ2n) is 7.74. The van der Waals surface area contributed by atoms with Gasteiger partial charge in [0.15, 0.2) is 0 Å². The van der Waals surface area contributed by atoms with E-state index in [2.05, 4.69) is 19.7 Å². The first kappa shape index (κ1) is 21.0. The average Bonchev–Trinajstić information content (AvgIpc) is 3.34. The van der Waals surface area contributed by atoms with Crippen molar-refractivity contribution in [3.05, 3.63) is 58.9 Å². The molecule has 1 atom stereocenters. The number of rotatable bonds is 6. The summed E-state index contributed by atoms with van der Waals surface area (Å²) in [5.74, 6) is 1.25. The van der Waals surface area contributed by atoms with E-state index in [4.69, 9.17) is 15.8 Å². The lowest BCUT2D eigenvalue weighted by molar-refractivity contribution is 0.244. The minimum atomic E-state index is -3.31. The maximum Gasteiger partial charge on any atom is 0.256 e. The van der Waals surface area contributed by atoms with E-state index < -0.39 is 10.0 Å². The van der Waals surface area contributed by atoms with Gasteiger partial charge in [0.25, 0.3) is 5.89 Å². The molecule has 0 aliphatic heterocycles. The molecule has 2 aromatic carbocycles. The van der Waals surface area contributed by atoms with E-state index in [1.165, 1.54) is 0 Å². The molecule has 0 saturated carbocycles. The minimum Gasteiger partial charge on any atom is -0.502 e. The van der Waals surface area contributed by atoms with Crippen LogP contribution in [0.2, 0.25) is 0 Å². The van der Waals surface area contributed by atoms with Crippen LogP contribution in [0.25, 0.3) is 27.7 Å². The van der Waals surface area contributed by atoms with Gasteiger partial charge in [0.1, 0.15) is 5.75 Å². The highest BCUT2D eigenvalue weighted by molar-refractivity contribution is 7.88. The summed E-state index contributed by atoms with van der Waals surface area (Å²) in [5, 5.41) is 4.13. The number of nitrogens with zero attached hydrogens (tertiary/aromatic N) is 3. The zero-order valence-electron chi connectivity index (χ0n) is 17.4. The summed E-state index contributed by atoms with van der Waals surface area (Å²) in [6.45, 7) is 11.2. The summed E-state index contributed by atoms with van der Waals surface area (Å²) in [7, 11) is -3.31. The average molecular weight is 439 g/mol. The zero-order valence-corrected chi connectivity index (χ0v) is 18.2. The molecule has 160 valence electrons. The summed E-state index contributed by atoms with van der Waals surface area (Å²) < 4.78 is 37.2. The number of sulfonamides is 1. The molecule has 1 aliphatic rings. The van der Waals surface area contributed by atoms with Gasteiger partial charge >= 0.3 is 0 Å². The Hall–Kier alpha value is -3.22. The van der Waals surface area contributed by atoms with Crippen molar-refractivity contribution in [2.75, 3.05) is 6.26 Å². The van der Waals surface area contributed by atoms with Crippen LogP contribution in [0.1, 0.15) is 37.4 Å². The highest BCUT2D eigenvalue weighted by Gasteiger charge is 2.28. The maximum absolute atomic E-state index is 11.7. The van der Waals surface area contributed by atoms with Crippen molar-refractivity contribution >= 4 is 15.7 Å². The Balaban J connectivity index is 1.66. The molecular formula is C22H22N4O4S. The van der Waals surface area contributed by atoms with Crippen LogP contribution in [0.3, 0.4) is 0 Å². The van der Waals surface area contributed by atoms with Gasteiger partial charge in [-0.1, -0.05) is 23.4 Å². The van der Waals surface area contributed by atoms with Gasteiger partial charge in [-0.05, 0) is 56.0 Å². The van der Waals surface area contributed by atoms with E-state index in [0.29, 0.717) is 41.6 Å². The number of nitrogens with one attached hydrogen (secondary N) is 1. The zero-order chi connectivity index (χ0) is 22.2. The summed E-state index contributed by atoms with van der Waals surface area (Å²) in [6, 6.07) is 10.6. The molecule has 0 radical (unpaired) electrons. The fourth-order valence-corrected chi connectivity index (χ4v) is 4.55. The number of hydrogen-bond donors (Lipinski definition) is 1. The molecule has 0 bridgehead atoms. The molecule has 31 heavy (non-hydrogen) atoms. The van der Waals surface area contributed by atoms with Crippen LogP contribution in [-0.4, -0.2) is 30.9 Å². The lowest BCUT2D eigenvalue weighted by Crippen LogP contribution is -2.25. The summed E-state index contributed by atoms with van der Waals surface area (Å²) >= 11 is 0. The van der Waals surface area contributed by atoms with Crippen molar-refractivity contribution in [3.63, 3.8) is 0 Å². The minimum absolute atomic E-state index is 0.0393. The molecule has 3 aromatic rings. The van der Waals surface area contributed by atoms with E-state index in [0.717, 1.165) is 22.9 Å². The molecule has 0 fully saturated rings. The van der Waals surface area contributed by atoms with Crippen molar-refractivity contribution in [1.82, 2.24) is 14.9 Å². The van der Waals surface area contributed by atoms with E-state index in [1.807, 2.05) is 32.0 Å². The number of ether oxygens (including phenoxy) is 1. The van der Waals surface area contributed by atoms with Gasteiger partial charge in [0.05, 0.1) is 18.9 Å². The fourth-order valence-electron chi connectivity index (χ4n) is 3.79. The Bertz CT molecular complexity index is 1270. The summed E-state index contributed by atoms with van der Waals surface area (Å²) in [6.07, 6.45) is 2.51. The van der Waals surface area contributed by atoms with Crippen LogP contribution in [0.15, 0.2) is 40.9 Å². The quantitative estimate of drug-likeness (QED) is 0.577. The highest BCUT2D eigenvalue weighted by atomic mass is 32.2. The van der Waals surface area contributed by atoms with Gasteiger partial charge in [0.2, 0.25) is 21.5 Å². The van der Waals surface area contributed by atoms with Gasteiger partial charge in [-0.15, -0.1) is 0 Å². The third kappa shape index (κ3) is 4.45. The van der Waals surface area contributed by atoms with E-state index >= 15 is 0 Å². The highest BCUT2D eigenvalue weighted by Crippen LogP contribution is 2.38. The van der Waals surface area contributed by atoms with Crippen LogP contribution >= 0.6 is 0 Å². The normalized spacial score (nSPS) is 15.6. The van der Waals surface area contributed by atoms with Crippen LogP contribution < -0.4 is 9.46 Å². The third-order valence-electron chi connectivity index (χ3n) is 4.98. The second-order valence-corrected chi connectivity index (χ2v) is 9.52. The van der Waals surface area contributed by atoms with Crippen molar-refractivity contribution in [2.24, 2.45) is 0 Å². The van der Waals surface area contributed by atoms with Crippen molar-refractivity contribution in [1.29, 1.82) is 0 Å². The van der Waals surface area contributed by atoms with Crippen molar-refractivity contribution in [2.45, 2.75) is 38.8 Å². The molecule has 8 nitrogen and oxygen atoms in total. The second kappa shape index (κ2) is 8.13. The molecule has 0 saturated heterocycles. The van der Waals surface area contributed by atoms with Gasteiger partial charge < -0.3 is 9.26 Å². The first-order valence-corrected chi connectivity index (χ1v) is 11.8. The molecule has 9 heteroatoms. The molecule has 0 amide bonds. The first-order valence-electron chi connectivity index (χ1n) is 9.87. The predicted octanol–water partition coefficient (Wildman–Crippen LogP) is 4.28. The van der Waals surface area contributed by atoms with Crippen molar-refractivity contribution in [3.8, 4) is 28.6 Å². The summed E-state index contributed by atoms with van der Waals surface area (Å²) in [4.78, 5) is 8.07. The van der Waals surface area contributed by atoms with Gasteiger partial charge in [0, 0.05) is 17.2 Å². The lowest BCUT2D eigenvalue weighted by atomic mass is 10.0. The van der Waals surface area contributed by atoms with Crippen LogP contribution in [-0.2, 0) is 16.4 Å². The number of hydrogen-bond acceptors (Lipinski definition) is 6. The van der Waals surface area contributed by atoms with E-state index in [1.54, 1.807) is 18.2 Å². The Morgan fingerprint density at radius 1 is 1.29 bits per heavy atom. The number of fused-ring (bicyclic) bond motifs is 1. The van der Waals surface area contributed by atoms with E-state index in [-0.39, 0.29) is 12.1 Å². The number of aromatic nitrogens is 2. The van der Waals surface area contributed by atoms with Crippen LogP contribution in [0, 0.1) is 6.57 Å². The molecule has 1 aliphatic carbocycles. The smallest absolute Gasteiger partial charge is 0.256 e.